The SMILES string of the molecule is CCC(C)(CCO)C(=O)OCCC(=O)O. The normalized spacial score (nSPS) is 14.3. The molecule has 0 spiro atoms. The van der Waals surface area contributed by atoms with Crippen molar-refractivity contribution in [1.82, 2.24) is 0 Å². The molecule has 0 bridgehead atoms. The van der Waals surface area contributed by atoms with Gasteiger partial charge in [-0.2, -0.15) is 0 Å². The lowest BCUT2D eigenvalue weighted by atomic mass is 9.84. The molecule has 0 rings (SSSR count). The Morgan fingerprint density at radius 1 is 1.40 bits per heavy atom. The Labute approximate surface area is 89.0 Å². The summed E-state index contributed by atoms with van der Waals surface area (Å²) in [6, 6.07) is 0. The molecule has 0 aliphatic carbocycles. The fraction of sp³-hybridized carbons (Fsp3) is 0.800. The summed E-state index contributed by atoms with van der Waals surface area (Å²) in [5.74, 6) is -1.44. The molecule has 0 aromatic heterocycles. The van der Waals surface area contributed by atoms with Crippen molar-refractivity contribution in [2.75, 3.05) is 13.2 Å². The topological polar surface area (TPSA) is 83.8 Å². The van der Waals surface area contributed by atoms with Crippen LogP contribution in [0.3, 0.4) is 0 Å². The molecule has 0 saturated heterocycles. The van der Waals surface area contributed by atoms with Crippen LogP contribution in [0.25, 0.3) is 0 Å². The average molecular weight is 218 g/mol. The number of esters is 1. The zero-order chi connectivity index (χ0) is 11.9. The molecule has 0 heterocycles. The fourth-order valence-corrected chi connectivity index (χ4v) is 1.08. The predicted molar refractivity (Wildman–Crippen MR) is 53.3 cm³/mol. The standard InChI is InChI=1S/C10H18O5/c1-3-10(2,5-6-11)9(14)15-7-4-8(12)13/h11H,3-7H2,1-2H3,(H,12,13). The summed E-state index contributed by atoms with van der Waals surface area (Å²) in [6.45, 7) is 3.33. The number of hydrogen-bond acceptors (Lipinski definition) is 4. The summed E-state index contributed by atoms with van der Waals surface area (Å²) in [4.78, 5) is 21.7. The Hall–Kier alpha value is -1.10. The van der Waals surface area contributed by atoms with E-state index in [1.807, 2.05) is 6.92 Å². The summed E-state index contributed by atoms with van der Waals surface area (Å²) in [6.07, 6.45) is 0.694. The molecule has 2 N–H and O–H groups in total. The van der Waals surface area contributed by atoms with Crippen LogP contribution in [0.15, 0.2) is 0 Å². The van der Waals surface area contributed by atoms with E-state index in [-0.39, 0.29) is 19.6 Å². The van der Waals surface area contributed by atoms with Gasteiger partial charge in [-0.1, -0.05) is 6.92 Å². The second-order valence-corrected chi connectivity index (χ2v) is 3.67. The average Bonchev–Trinajstić information content (AvgIpc) is 2.17. The van der Waals surface area contributed by atoms with Crippen LogP contribution in [0.1, 0.15) is 33.1 Å². The van der Waals surface area contributed by atoms with E-state index in [4.69, 9.17) is 14.9 Å². The quantitative estimate of drug-likeness (QED) is 0.617. The third kappa shape index (κ3) is 4.78. The van der Waals surface area contributed by atoms with Crippen LogP contribution in [-0.4, -0.2) is 35.4 Å². The largest absolute Gasteiger partial charge is 0.481 e. The van der Waals surface area contributed by atoms with E-state index in [9.17, 15) is 9.59 Å². The first-order valence-electron chi connectivity index (χ1n) is 4.96. The molecular weight excluding hydrogens is 200 g/mol. The van der Waals surface area contributed by atoms with Crippen LogP contribution in [-0.2, 0) is 14.3 Å². The summed E-state index contributed by atoms with van der Waals surface area (Å²) in [5, 5.41) is 17.2. The van der Waals surface area contributed by atoms with Gasteiger partial charge in [0.15, 0.2) is 0 Å². The molecule has 0 amide bonds. The van der Waals surface area contributed by atoms with Gasteiger partial charge in [-0.3, -0.25) is 9.59 Å². The van der Waals surface area contributed by atoms with Crippen molar-refractivity contribution in [3.05, 3.63) is 0 Å². The van der Waals surface area contributed by atoms with Crippen molar-refractivity contribution < 1.29 is 24.5 Å². The van der Waals surface area contributed by atoms with Crippen molar-refractivity contribution in [1.29, 1.82) is 0 Å². The lowest BCUT2D eigenvalue weighted by Crippen LogP contribution is -2.30. The molecule has 15 heavy (non-hydrogen) atoms. The molecule has 0 aromatic rings. The molecule has 0 aliphatic rings. The van der Waals surface area contributed by atoms with Crippen LogP contribution in [0.5, 0.6) is 0 Å². The van der Waals surface area contributed by atoms with Gasteiger partial charge in [0.1, 0.15) is 6.61 Å². The Morgan fingerprint density at radius 3 is 2.40 bits per heavy atom. The lowest BCUT2D eigenvalue weighted by molar-refractivity contribution is -0.157. The maximum atomic E-state index is 11.5. The lowest BCUT2D eigenvalue weighted by Gasteiger charge is -2.24. The number of ether oxygens (including phenoxy) is 1. The van der Waals surface area contributed by atoms with Crippen molar-refractivity contribution >= 4 is 11.9 Å². The van der Waals surface area contributed by atoms with E-state index in [2.05, 4.69) is 0 Å². The highest BCUT2D eigenvalue weighted by atomic mass is 16.5. The van der Waals surface area contributed by atoms with E-state index in [0.29, 0.717) is 12.8 Å². The van der Waals surface area contributed by atoms with Gasteiger partial charge in [0.2, 0.25) is 0 Å². The zero-order valence-electron chi connectivity index (χ0n) is 9.15. The number of carboxylic acid groups (broad SMARTS) is 1. The number of aliphatic hydroxyl groups is 1. The van der Waals surface area contributed by atoms with E-state index < -0.39 is 17.4 Å². The molecule has 0 aromatic carbocycles. The number of aliphatic hydroxyl groups excluding tert-OH is 1. The molecule has 0 fully saturated rings. The van der Waals surface area contributed by atoms with Gasteiger partial charge in [0, 0.05) is 6.61 Å². The first-order valence-corrected chi connectivity index (χ1v) is 4.96. The molecule has 88 valence electrons. The minimum Gasteiger partial charge on any atom is -0.481 e. The first-order chi connectivity index (χ1) is 6.96. The van der Waals surface area contributed by atoms with E-state index >= 15 is 0 Å². The third-order valence-electron chi connectivity index (χ3n) is 2.49. The summed E-state index contributed by atoms with van der Waals surface area (Å²) in [5.41, 5.74) is -0.715. The Balaban J connectivity index is 4.09. The number of carbonyl (C=O) groups is 2. The highest BCUT2D eigenvalue weighted by Crippen LogP contribution is 2.26. The van der Waals surface area contributed by atoms with E-state index in [1.54, 1.807) is 6.92 Å². The van der Waals surface area contributed by atoms with Crippen LogP contribution in [0, 0.1) is 5.41 Å². The van der Waals surface area contributed by atoms with Gasteiger partial charge in [-0.15, -0.1) is 0 Å². The number of carbonyl (C=O) groups excluding carboxylic acids is 1. The van der Waals surface area contributed by atoms with Gasteiger partial charge < -0.3 is 14.9 Å². The second kappa shape index (κ2) is 6.40. The number of carboxylic acids is 1. The Morgan fingerprint density at radius 2 is 2.00 bits per heavy atom. The van der Waals surface area contributed by atoms with Gasteiger partial charge in [0.05, 0.1) is 11.8 Å². The Kier molecular flexibility index (Phi) is 5.93. The summed E-state index contributed by atoms with van der Waals surface area (Å²) in [7, 11) is 0. The third-order valence-corrected chi connectivity index (χ3v) is 2.49. The van der Waals surface area contributed by atoms with Gasteiger partial charge in [-0.25, -0.2) is 0 Å². The van der Waals surface area contributed by atoms with Crippen molar-refractivity contribution in [3.63, 3.8) is 0 Å². The van der Waals surface area contributed by atoms with Crippen LogP contribution >= 0.6 is 0 Å². The number of hydrogen-bond donors (Lipinski definition) is 2. The van der Waals surface area contributed by atoms with Crippen molar-refractivity contribution in [2.45, 2.75) is 33.1 Å². The van der Waals surface area contributed by atoms with Crippen LogP contribution in [0.4, 0.5) is 0 Å². The maximum absolute atomic E-state index is 11.5. The smallest absolute Gasteiger partial charge is 0.311 e. The monoisotopic (exact) mass is 218 g/mol. The molecule has 0 radical (unpaired) electrons. The highest BCUT2D eigenvalue weighted by molar-refractivity contribution is 5.76. The molecule has 1 atom stereocenters. The van der Waals surface area contributed by atoms with E-state index in [0.717, 1.165) is 0 Å². The van der Waals surface area contributed by atoms with E-state index in [1.165, 1.54) is 0 Å². The highest BCUT2D eigenvalue weighted by Gasteiger charge is 2.32. The Bertz CT molecular complexity index is 226. The molecule has 5 nitrogen and oxygen atoms in total. The van der Waals surface area contributed by atoms with Gasteiger partial charge in [0.25, 0.3) is 0 Å². The molecule has 1 unspecified atom stereocenters. The fourth-order valence-electron chi connectivity index (χ4n) is 1.08. The molecule has 0 saturated carbocycles. The van der Waals surface area contributed by atoms with Crippen LogP contribution in [0.2, 0.25) is 0 Å². The minimum atomic E-state index is -0.997. The first kappa shape index (κ1) is 13.9. The van der Waals surface area contributed by atoms with Crippen molar-refractivity contribution in [2.24, 2.45) is 5.41 Å². The predicted octanol–water partition coefficient (Wildman–Crippen LogP) is 0.803. The molecule has 5 heteroatoms. The number of aliphatic carboxylic acids is 1. The van der Waals surface area contributed by atoms with Crippen molar-refractivity contribution in [3.8, 4) is 0 Å². The van der Waals surface area contributed by atoms with Gasteiger partial charge >= 0.3 is 11.9 Å². The van der Waals surface area contributed by atoms with Crippen LogP contribution < -0.4 is 0 Å². The zero-order valence-corrected chi connectivity index (χ0v) is 9.15. The second-order valence-electron chi connectivity index (χ2n) is 3.67. The minimum absolute atomic E-state index is 0.0849. The van der Waals surface area contributed by atoms with Gasteiger partial charge in [-0.05, 0) is 19.8 Å². The summed E-state index contributed by atoms with van der Waals surface area (Å²) >= 11 is 0. The number of rotatable bonds is 7. The maximum Gasteiger partial charge on any atom is 0.311 e. The summed E-state index contributed by atoms with van der Waals surface area (Å²) < 4.78 is 4.83. The molecule has 0 aliphatic heterocycles. The molecular formula is C10H18O5.